The number of nitrogens with two attached hydrogens (primary N) is 1. The van der Waals surface area contributed by atoms with Gasteiger partial charge in [-0.15, -0.1) is 11.3 Å². The third-order valence-electron chi connectivity index (χ3n) is 3.42. The molecule has 3 nitrogen and oxygen atoms in total. The molecule has 1 aromatic heterocycles. The number of fused-ring (bicyclic) bond motifs is 1. The van der Waals surface area contributed by atoms with Crippen LogP contribution in [0, 0.1) is 0 Å². The van der Waals surface area contributed by atoms with E-state index in [1.165, 1.54) is 15.6 Å². The van der Waals surface area contributed by atoms with Gasteiger partial charge in [0.05, 0.1) is 6.61 Å². The largest absolute Gasteiger partial charge is 0.391 e. The summed E-state index contributed by atoms with van der Waals surface area (Å²) in [7, 11) is 0. The Kier molecular flexibility index (Phi) is 3.79. The summed E-state index contributed by atoms with van der Waals surface area (Å²) in [6.45, 7) is 3.36. The number of benzene rings is 1. The number of rotatable bonds is 3. The highest BCUT2D eigenvalue weighted by molar-refractivity contribution is 7.80. The molecule has 2 N–H and O–H groups in total. The number of thiocarbonyl (C=S) groups is 1. The minimum absolute atomic E-state index is 0.103. The number of ether oxygens (including phenoxy) is 1. The molecule has 100 valence electrons. The molecule has 1 fully saturated rings. The molecule has 1 atom stereocenters. The molecule has 1 unspecified atom stereocenters. The second-order valence-corrected chi connectivity index (χ2v) is 6.14. The first-order valence-electron chi connectivity index (χ1n) is 6.32. The summed E-state index contributed by atoms with van der Waals surface area (Å²) in [5, 5.41) is 3.60. The molecule has 1 aliphatic rings. The first-order valence-corrected chi connectivity index (χ1v) is 7.61. The summed E-state index contributed by atoms with van der Waals surface area (Å²) in [5.74, 6) is 0. The zero-order valence-corrected chi connectivity index (χ0v) is 12.2. The van der Waals surface area contributed by atoms with Crippen molar-refractivity contribution in [2.24, 2.45) is 5.73 Å². The van der Waals surface area contributed by atoms with Crippen LogP contribution >= 0.6 is 23.6 Å². The quantitative estimate of drug-likeness (QED) is 0.882. The van der Waals surface area contributed by atoms with Gasteiger partial charge in [0, 0.05) is 24.3 Å². The van der Waals surface area contributed by atoms with Crippen molar-refractivity contribution in [1.29, 1.82) is 0 Å². The van der Waals surface area contributed by atoms with Crippen molar-refractivity contribution < 1.29 is 4.74 Å². The van der Waals surface area contributed by atoms with Crippen molar-refractivity contribution in [3.05, 3.63) is 35.2 Å². The Labute approximate surface area is 122 Å². The molecule has 0 amide bonds. The van der Waals surface area contributed by atoms with Gasteiger partial charge in [-0.1, -0.05) is 30.4 Å². The summed E-state index contributed by atoms with van der Waals surface area (Å²) < 4.78 is 6.92. The molecule has 0 saturated carbocycles. The lowest BCUT2D eigenvalue weighted by Crippen LogP contribution is -2.47. The lowest BCUT2D eigenvalue weighted by Gasteiger charge is -2.32. The molecule has 1 aromatic carbocycles. The third kappa shape index (κ3) is 2.79. The Bertz CT molecular complexity index is 596. The van der Waals surface area contributed by atoms with Crippen LogP contribution in [0.25, 0.3) is 10.1 Å². The lowest BCUT2D eigenvalue weighted by atomic mass is 10.1. The molecule has 3 rings (SSSR count). The lowest BCUT2D eigenvalue weighted by molar-refractivity contribution is 0.00409. The van der Waals surface area contributed by atoms with Gasteiger partial charge in [-0.05, 0) is 22.4 Å². The summed E-state index contributed by atoms with van der Waals surface area (Å²) in [6, 6.07) is 8.53. The standard InChI is InChI=1S/C14H16N2OS2/c15-14(18)12-8-16(5-6-17-12)7-10-9-19-13-4-2-1-3-11(10)13/h1-4,9,12H,5-8H2,(H2,15,18). The SMILES string of the molecule is NC(=S)C1CN(Cc2csc3ccccc23)CCO1. The van der Waals surface area contributed by atoms with E-state index in [4.69, 9.17) is 22.7 Å². The fourth-order valence-electron chi connectivity index (χ4n) is 2.41. The average Bonchev–Trinajstić information content (AvgIpc) is 2.83. The number of morpholine rings is 1. The molecule has 2 aromatic rings. The van der Waals surface area contributed by atoms with Crippen molar-refractivity contribution >= 4 is 38.6 Å². The predicted octanol–water partition coefficient (Wildman–Crippen LogP) is 2.39. The van der Waals surface area contributed by atoms with Crippen LogP contribution < -0.4 is 5.73 Å². The summed E-state index contributed by atoms with van der Waals surface area (Å²) >= 11 is 6.82. The maximum absolute atomic E-state index is 5.68. The van der Waals surface area contributed by atoms with Crippen LogP contribution in [0.1, 0.15) is 5.56 Å². The molecule has 0 spiro atoms. The molecule has 0 aliphatic carbocycles. The smallest absolute Gasteiger partial charge is 0.120 e. The summed E-state index contributed by atoms with van der Waals surface area (Å²) in [4.78, 5) is 2.82. The normalized spacial score (nSPS) is 20.7. The molecule has 1 aliphatic heterocycles. The first-order chi connectivity index (χ1) is 9.24. The van der Waals surface area contributed by atoms with Crippen LogP contribution in [-0.4, -0.2) is 35.7 Å². The Morgan fingerprint density at radius 2 is 2.32 bits per heavy atom. The van der Waals surface area contributed by atoms with Gasteiger partial charge in [0.25, 0.3) is 0 Å². The number of hydrogen-bond acceptors (Lipinski definition) is 4. The highest BCUT2D eigenvalue weighted by Crippen LogP contribution is 2.27. The molecule has 0 radical (unpaired) electrons. The highest BCUT2D eigenvalue weighted by Gasteiger charge is 2.23. The molecule has 19 heavy (non-hydrogen) atoms. The van der Waals surface area contributed by atoms with Gasteiger partial charge in [-0.2, -0.15) is 0 Å². The van der Waals surface area contributed by atoms with E-state index in [0.717, 1.165) is 19.6 Å². The van der Waals surface area contributed by atoms with Crippen LogP contribution in [0.4, 0.5) is 0 Å². The minimum atomic E-state index is -0.103. The second kappa shape index (κ2) is 5.54. The number of nitrogens with zero attached hydrogens (tertiary/aromatic N) is 1. The monoisotopic (exact) mass is 292 g/mol. The van der Waals surface area contributed by atoms with Crippen molar-refractivity contribution in [2.75, 3.05) is 19.7 Å². The molecule has 0 bridgehead atoms. The van der Waals surface area contributed by atoms with E-state index >= 15 is 0 Å². The Morgan fingerprint density at radius 3 is 3.16 bits per heavy atom. The van der Waals surface area contributed by atoms with Crippen LogP contribution in [0.2, 0.25) is 0 Å². The molecular formula is C14H16N2OS2. The van der Waals surface area contributed by atoms with E-state index < -0.39 is 0 Å². The summed E-state index contributed by atoms with van der Waals surface area (Å²) in [6.07, 6.45) is -0.103. The first kappa shape index (κ1) is 13.0. The zero-order valence-electron chi connectivity index (χ0n) is 10.5. The van der Waals surface area contributed by atoms with Crippen LogP contribution in [0.3, 0.4) is 0 Å². The Hall–Kier alpha value is -1.01. The number of thiophene rings is 1. The van der Waals surface area contributed by atoms with E-state index in [1.807, 2.05) is 0 Å². The maximum atomic E-state index is 5.68. The van der Waals surface area contributed by atoms with Gasteiger partial charge >= 0.3 is 0 Å². The van der Waals surface area contributed by atoms with Crippen molar-refractivity contribution in [3.8, 4) is 0 Å². The van der Waals surface area contributed by atoms with E-state index in [9.17, 15) is 0 Å². The Balaban J connectivity index is 1.76. The summed E-state index contributed by atoms with van der Waals surface area (Å²) in [5.41, 5.74) is 7.05. The van der Waals surface area contributed by atoms with E-state index in [-0.39, 0.29) is 6.10 Å². The number of hydrogen-bond donors (Lipinski definition) is 1. The molecule has 5 heteroatoms. The van der Waals surface area contributed by atoms with Gasteiger partial charge < -0.3 is 10.5 Å². The van der Waals surface area contributed by atoms with Crippen molar-refractivity contribution in [2.45, 2.75) is 12.6 Å². The molecule has 2 heterocycles. The average molecular weight is 292 g/mol. The third-order valence-corrected chi connectivity index (χ3v) is 4.70. The Morgan fingerprint density at radius 1 is 1.47 bits per heavy atom. The van der Waals surface area contributed by atoms with Gasteiger partial charge in [-0.3, -0.25) is 4.90 Å². The minimum Gasteiger partial charge on any atom is -0.391 e. The zero-order chi connectivity index (χ0) is 13.2. The highest BCUT2D eigenvalue weighted by atomic mass is 32.1. The van der Waals surface area contributed by atoms with Gasteiger partial charge in [-0.25, -0.2) is 0 Å². The van der Waals surface area contributed by atoms with Gasteiger partial charge in [0.1, 0.15) is 11.1 Å². The van der Waals surface area contributed by atoms with Crippen molar-refractivity contribution in [3.63, 3.8) is 0 Å². The van der Waals surface area contributed by atoms with Gasteiger partial charge in [0.2, 0.25) is 0 Å². The van der Waals surface area contributed by atoms with E-state index in [0.29, 0.717) is 11.6 Å². The second-order valence-electron chi connectivity index (χ2n) is 4.75. The van der Waals surface area contributed by atoms with E-state index in [2.05, 4.69) is 34.5 Å². The van der Waals surface area contributed by atoms with Crippen LogP contribution in [0.5, 0.6) is 0 Å². The predicted molar refractivity (Wildman–Crippen MR) is 83.6 cm³/mol. The topological polar surface area (TPSA) is 38.5 Å². The van der Waals surface area contributed by atoms with Gasteiger partial charge in [0.15, 0.2) is 0 Å². The fraction of sp³-hybridized carbons (Fsp3) is 0.357. The van der Waals surface area contributed by atoms with Crippen molar-refractivity contribution in [1.82, 2.24) is 4.90 Å². The van der Waals surface area contributed by atoms with Crippen LogP contribution in [-0.2, 0) is 11.3 Å². The van der Waals surface area contributed by atoms with E-state index in [1.54, 1.807) is 11.3 Å². The molecular weight excluding hydrogens is 276 g/mol. The fourth-order valence-corrected chi connectivity index (χ4v) is 3.51. The maximum Gasteiger partial charge on any atom is 0.120 e. The molecule has 1 saturated heterocycles. The van der Waals surface area contributed by atoms with Crippen LogP contribution in [0.15, 0.2) is 29.6 Å².